The molecule has 4 heteroatoms. The van der Waals surface area contributed by atoms with Gasteiger partial charge in [-0.05, 0) is 17.7 Å². The molecule has 0 aliphatic heterocycles. The third kappa shape index (κ3) is 3.11. The molecule has 0 saturated heterocycles. The lowest BCUT2D eigenvalue weighted by Crippen LogP contribution is -1.94. The van der Waals surface area contributed by atoms with Crippen LogP contribution in [0.1, 0.15) is 5.56 Å². The Labute approximate surface area is 97.6 Å². The summed E-state index contributed by atoms with van der Waals surface area (Å²) in [6, 6.07) is 12.7. The summed E-state index contributed by atoms with van der Waals surface area (Å²) in [6.45, 7) is 0. The summed E-state index contributed by atoms with van der Waals surface area (Å²) in [4.78, 5) is 0. The first-order valence-corrected chi connectivity index (χ1v) is 5.05. The standard InChI is InChI=1S/C13H10F2N2/c14-11-6-7-13(12(15)8-11)17-16-9-10-4-2-1-3-5-10/h1-9,17H/b16-9+. The fourth-order valence-corrected chi connectivity index (χ4v) is 1.30. The Morgan fingerprint density at radius 1 is 1.00 bits per heavy atom. The van der Waals surface area contributed by atoms with Gasteiger partial charge in [-0.25, -0.2) is 8.78 Å². The summed E-state index contributed by atoms with van der Waals surface area (Å²) in [5.41, 5.74) is 3.55. The number of benzene rings is 2. The zero-order valence-corrected chi connectivity index (χ0v) is 8.90. The third-order valence-corrected chi connectivity index (χ3v) is 2.13. The molecule has 0 saturated carbocycles. The number of halogens is 2. The lowest BCUT2D eigenvalue weighted by Gasteiger charge is -2.01. The van der Waals surface area contributed by atoms with Crippen LogP contribution in [-0.4, -0.2) is 6.21 Å². The number of hydrogen-bond donors (Lipinski definition) is 1. The van der Waals surface area contributed by atoms with Gasteiger partial charge in [-0.15, -0.1) is 0 Å². The average molecular weight is 232 g/mol. The first kappa shape index (κ1) is 11.3. The summed E-state index contributed by atoms with van der Waals surface area (Å²) in [6.07, 6.45) is 1.56. The normalized spacial score (nSPS) is 10.7. The summed E-state index contributed by atoms with van der Waals surface area (Å²) in [5.74, 6) is -1.28. The second kappa shape index (κ2) is 5.21. The number of hydrogen-bond acceptors (Lipinski definition) is 2. The maximum absolute atomic E-state index is 13.2. The molecule has 0 aliphatic rings. The number of nitrogens with one attached hydrogen (secondary N) is 1. The fourth-order valence-electron chi connectivity index (χ4n) is 1.30. The first-order chi connectivity index (χ1) is 8.25. The van der Waals surface area contributed by atoms with E-state index in [1.807, 2.05) is 30.3 Å². The van der Waals surface area contributed by atoms with Crippen LogP contribution in [-0.2, 0) is 0 Å². The van der Waals surface area contributed by atoms with Crippen LogP contribution >= 0.6 is 0 Å². The average Bonchev–Trinajstić information content (AvgIpc) is 2.33. The van der Waals surface area contributed by atoms with Crippen LogP contribution in [0.15, 0.2) is 53.6 Å². The van der Waals surface area contributed by atoms with Crippen molar-refractivity contribution in [3.8, 4) is 0 Å². The van der Waals surface area contributed by atoms with Crippen molar-refractivity contribution in [1.29, 1.82) is 0 Å². The van der Waals surface area contributed by atoms with Crippen LogP contribution in [0.4, 0.5) is 14.5 Å². The lowest BCUT2D eigenvalue weighted by atomic mass is 10.2. The van der Waals surface area contributed by atoms with Crippen molar-refractivity contribution in [2.45, 2.75) is 0 Å². The minimum Gasteiger partial charge on any atom is -0.276 e. The summed E-state index contributed by atoms with van der Waals surface area (Å²) >= 11 is 0. The van der Waals surface area contributed by atoms with Gasteiger partial charge < -0.3 is 0 Å². The van der Waals surface area contributed by atoms with E-state index in [1.165, 1.54) is 12.1 Å². The molecule has 86 valence electrons. The Morgan fingerprint density at radius 3 is 2.47 bits per heavy atom. The monoisotopic (exact) mass is 232 g/mol. The van der Waals surface area contributed by atoms with E-state index in [0.29, 0.717) is 0 Å². The lowest BCUT2D eigenvalue weighted by molar-refractivity contribution is 0.585. The van der Waals surface area contributed by atoms with Crippen molar-refractivity contribution in [2.24, 2.45) is 5.10 Å². The van der Waals surface area contributed by atoms with Crippen LogP contribution in [0.3, 0.4) is 0 Å². The van der Waals surface area contributed by atoms with Gasteiger partial charge in [0.2, 0.25) is 0 Å². The molecular formula is C13H10F2N2. The van der Waals surface area contributed by atoms with Gasteiger partial charge in [0.15, 0.2) is 5.82 Å². The highest BCUT2D eigenvalue weighted by Gasteiger charge is 2.01. The molecule has 2 rings (SSSR count). The van der Waals surface area contributed by atoms with Gasteiger partial charge in [0.25, 0.3) is 0 Å². The highest BCUT2D eigenvalue weighted by Crippen LogP contribution is 2.14. The van der Waals surface area contributed by atoms with E-state index in [4.69, 9.17) is 0 Å². The molecule has 1 N–H and O–H groups in total. The van der Waals surface area contributed by atoms with Crippen molar-refractivity contribution >= 4 is 11.9 Å². The molecule has 0 heterocycles. The largest absolute Gasteiger partial charge is 0.276 e. The SMILES string of the molecule is Fc1ccc(N/N=C/c2ccccc2)c(F)c1. The Hall–Kier alpha value is -2.23. The van der Waals surface area contributed by atoms with Crippen LogP contribution in [0.5, 0.6) is 0 Å². The molecule has 0 fully saturated rings. The molecule has 2 nitrogen and oxygen atoms in total. The van der Waals surface area contributed by atoms with Crippen molar-refractivity contribution in [2.75, 3.05) is 5.43 Å². The van der Waals surface area contributed by atoms with E-state index in [2.05, 4.69) is 10.5 Å². The Morgan fingerprint density at radius 2 is 1.76 bits per heavy atom. The molecule has 0 radical (unpaired) electrons. The predicted molar refractivity (Wildman–Crippen MR) is 64.0 cm³/mol. The van der Waals surface area contributed by atoms with Gasteiger partial charge in [-0.3, -0.25) is 5.43 Å². The molecule has 0 atom stereocenters. The van der Waals surface area contributed by atoms with Gasteiger partial charge >= 0.3 is 0 Å². The molecule has 2 aromatic carbocycles. The molecule has 2 aromatic rings. The number of nitrogens with zero attached hydrogens (tertiary/aromatic N) is 1. The Balaban J connectivity index is 2.05. The maximum Gasteiger partial charge on any atom is 0.151 e. The van der Waals surface area contributed by atoms with Crippen LogP contribution in [0.2, 0.25) is 0 Å². The molecule has 0 unspecified atom stereocenters. The summed E-state index contributed by atoms with van der Waals surface area (Å²) in [7, 11) is 0. The van der Waals surface area contributed by atoms with Gasteiger partial charge in [0.1, 0.15) is 5.82 Å². The van der Waals surface area contributed by atoms with Crippen molar-refractivity contribution in [3.05, 3.63) is 65.7 Å². The predicted octanol–water partition coefficient (Wildman–Crippen LogP) is 3.41. The fraction of sp³-hybridized carbons (Fsp3) is 0. The Kier molecular flexibility index (Phi) is 3.45. The van der Waals surface area contributed by atoms with Gasteiger partial charge in [-0.2, -0.15) is 5.10 Å². The molecule has 0 amide bonds. The summed E-state index contributed by atoms with van der Waals surface area (Å²) < 4.78 is 25.8. The molecule has 0 aliphatic carbocycles. The maximum atomic E-state index is 13.2. The number of anilines is 1. The number of hydrazone groups is 1. The van der Waals surface area contributed by atoms with E-state index in [-0.39, 0.29) is 5.69 Å². The van der Waals surface area contributed by atoms with Crippen molar-refractivity contribution in [3.63, 3.8) is 0 Å². The van der Waals surface area contributed by atoms with Crippen molar-refractivity contribution in [1.82, 2.24) is 0 Å². The van der Waals surface area contributed by atoms with Gasteiger partial charge in [-0.1, -0.05) is 30.3 Å². The van der Waals surface area contributed by atoms with Crippen LogP contribution in [0, 0.1) is 11.6 Å². The zero-order chi connectivity index (χ0) is 12.1. The quantitative estimate of drug-likeness (QED) is 0.636. The van der Waals surface area contributed by atoms with Crippen molar-refractivity contribution < 1.29 is 8.78 Å². The molecule has 0 spiro atoms. The molecule has 0 aromatic heterocycles. The highest BCUT2D eigenvalue weighted by atomic mass is 19.1. The molecular weight excluding hydrogens is 222 g/mol. The van der Waals surface area contributed by atoms with Gasteiger partial charge in [0, 0.05) is 6.07 Å². The van der Waals surface area contributed by atoms with Crippen LogP contribution < -0.4 is 5.43 Å². The third-order valence-electron chi connectivity index (χ3n) is 2.13. The van der Waals surface area contributed by atoms with Crippen LogP contribution in [0.25, 0.3) is 0 Å². The molecule has 0 bridgehead atoms. The minimum absolute atomic E-state index is 0.138. The number of rotatable bonds is 3. The summed E-state index contributed by atoms with van der Waals surface area (Å²) in [5, 5.41) is 3.86. The first-order valence-electron chi connectivity index (χ1n) is 5.05. The van der Waals surface area contributed by atoms with Gasteiger partial charge in [0.05, 0.1) is 11.9 Å². The second-order valence-electron chi connectivity index (χ2n) is 3.40. The second-order valence-corrected chi connectivity index (χ2v) is 3.40. The molecule has 17 heavy (non-hydrogen) atoms. The van der Waals surface area contributed by atoms with E-state index in [1.54, 1.807) is 6.21 Å². The van der Waals surface area contributed by atoms with E-state index in [9.17, 15) is 8.78 Å². The highest BCUT2D eigenvalue weighted by molar-refractivity contribution is 5.80. The van der Waals surface area contributed by atoms with E-state index < -0.39 is 11.6 Å². The van der Waals surface area contributed by atoms with E-state index in [0.717, 1.165) is 11.6 Å². The minimum atomic E-state index is -0.671. The van der Waals surface area contributed by atoms with E-state index >= 15 is 0 Å². The Bertz CT molecular complexity index is 524. The zero-order valence-electron chi connectivity index (χ0n) is 8.90. The topological polar surface area (TPSA) is 24.4 Å². The smallest absolute Gasteiger partial charge is 0.151 e.